The number of anilines is 3. The third kappa shape index (κ3) is 4.14. The van der Waals surface area contributed by atoms with Gasteiger partial charge in [-0.05, 0) is 68.8 Å². The molecule has 0 atom stereocenters. The number of aliphatic imine (C=N–C) groups is 1. The fourth-order valence-electron chi connectivity index (χ4n) is 3.83. The smallest absolute Gasteiger partial charge is 0.122 e. The summed E-state index contributed by atoms with van der Waals surface area (Å²) in [6.45, 7) is 9.51. The highest BCUT2D eigenvalue weighted by molar-refractivity contribution is 6.00. The SMILES string of the molecule is C=C=C(C)c1nn(C(C)=NC)c2cc(N(c3ccccc3)c3ccc(C(C)=N)cc3)ccc12. The summed E-state index contributed by atoms with van der Waals surface area (Å²) in [6, 6.07) is 24.7. The van der Waals surface area contributed by atoms with Crippen molar-refractivity contribution < 1.29 is 0 Å². The van der Waals surface area contributed by atoms with Gasteiger partial charge in [-0.3, -0.25) is 4.99 Å². The van der Waals surface area contributed by atoms with E-state index in [1.54, 1.807) is 14.0 Å². The minimum atomic E-state index is 0.547. The molecule has 3 aromatic carbocycles. The molecule has 1 N–H and O–H groups in total. The maximum absolute atomic E-state index is 7.92. The summed E-state index contributed by atoms with van der Waals surface area (Å²) < 4.78 is 1.87. The van der Waals surface area contributed by atoms with Gasteiger partial charge in [0.25, 0.3) is 0 Å². The van der Waals surface area contributed by atoms with E-state index in [1.807, 2.05) is 48.9 Å². The molecule has 0 aliphatic carbocycles. The monoisotopic (exact) mass is 433 g/mol. The van der Waals surface area contributed by atoms with Gasteiger partial charge in [-0.2, -0.15) is 5.10 Å². The Balaban J connectivity index is 1.95. The lowest BCUT2D eigenvalue weighted by atomic mass is 10.1. The van der Waals surface area contributed by atoms with Crippen LogP contribution in [-0.4, -0.2) is 28.4 Å². The molecule has 0 fully saturated rings. The molecule has 1 aromatic heterocycles. The first kappa shape index (κ1) is 22.0. The van der Waals surface area contributed by atoms with Crippen molar-refractivity contribution in [1.82, 2.24) is 9.78 Å². The van der Waals surface area contributed by atoms with Crippen LogP contribution in [0, 0.1) is 5.41 Å². The van der Waals surface area contributed by atoms with Crippen molar-refractivity contribution in [3.63, 3.8) is 0 Å². The zero-order chi connectivity index (χ0) is 23.5. The molecule has 4 aromatic rings. The summed E-state index contributed by atoms with van der Waals surface area (Å²) in [6.07, 6.45) is 0. The van der Waals surface area contributed by atoms with Crippen LogP contribution in [-0.2, 0) is 0 Å². The Morgan fingerprint density at radius 3 is 2.18 bits per heavy atom. The predicted molar refractivity (Wildman–Crippen MR) is 140 cm³/mol. The lowest BCUT2D eigenvalue weighted by Gasteiger charge is -2.25. The predicted octanol–water partition coefficient (Wildman–Crippen LogP) is 6.98. The van der Waals surface area contributed by atoms with Crippen LogP contribution < -0.4 is 4.90 Å². The molecule has 0 saturated carbocycles. The molecule has 0 bridgehead atoms. The fraction of sp³-hybridized carbons (Fsp3) is 0.143. The Morgan fingerprint density at radius 1 is 0.939 bits per heavy atom. The van der Waals surface area contributed by atoms with Crippen molar-refractivity contribution in [3.8, 4) is 0 Å². The number of hydrogen-bond donors (Lipinski definition) is 1. The minimum Gasteiger partial charge on any atom is -0.310 e. The van der Waals surface area contributed by atoms with E-state index in [1.165, 1.54) is 0 Å². The quantitative estimate of drug-likeness (QED) is 0.210. The zero-order valence-electron chi connectivity index (χ0n) is 19.4. The first-order chi connectivity index (χ1) is 15.9. The maximum atomic E-state index is 7.92. The summed E-state index contributed by atoms with van der Waals surface area (Å²) in [5, 5.41) is 13.8. The normalized spacial score (nSPS) is 11.3. The van der Waals surface area contributed by atoms with Gasteiger partial charge in [0.15, 0.2) is 0 Å². The Labute approximate surface area is 194 Å². The molecule has 5 nitrogen and oxygen atoms in total. The first-order valence-corrected chi connectivity index (χ1v) is 10.8. The van der Waals surface area contributed by atoms with E-state index in [9.17, 15) is 0 Å². The van der Waals surface area contributed by atoms with Crippen molar-refractivity contribution in [2.24, 2.45) is 4.99 Å². The van der Waals surface area contributed by atoms with E-state index in [-0.39, 0.29) is 0 Å². The maximum Gasteiger partial charge on any atom is 0.122 e. The fourth-order valence-corrected chi connectivity index (χ4v) is 3.83. The largest absolute Gasteiger partial charge is 0.310 e. The number of hydrogen-bond acceptors (Lipinski definition) is 4. The number of aromatic nitrogens is 2. The van der Waals surface area contributed by atoms with Crippen LogP contribution in [0.15, 0.2) is 90.1 Å². The van der Waals surface area contributed by atoms with Crippen LogP contribution in [0.25, 0.3) is 16.5 Å². The number of nitrogens with zero attached hydrogens (tertiary/aromatic N) is 4. The first-order valence-electron chi connectivity index (χ1n) is 10.8. The highest BCUT2D eigenvalue weighted by Crippen LogP contribution is 2.37. The number of benzene rings is 3. The topological polar surface area (TPSA) is 57.3 Å². The summed E-state index contributed by atoms with van der Waals surface area (Å²) >= 11 is 0. The van der Waals surface area contributed by atoms with Gasteiger partial charge in [0, 0.05) is 40.8 Å². The van der Waals surface area contributed by atoms with Crippen LogP contribution in [0.2, 0.25) is 0 Å². The number of nitrogens with one attached hydrogen (secondary N) is 1. The van der Waals surface area contributed by atoms with Crippen molar-refractivity contribution in [3.05, 3.63) is 96.4 Å². The van der Waals surface area contributed by atoms with Gasteiger partial charge >= 0.3 is 0 Å². The number of fused-ring (bicyclic) bond motifs is 1. The van der Waals surface area contributed by atoms with Crippen molar-refractivity contribution >= 4 is 45.1 Å². The summed E-state index contributed by atoms with van der Waals surface area (Å²) in [7, 11) is 1.77. The van der Waals surface area contributed by atoms with Crippen LogP contribution >= 0.6 is 0 Å². The second kappa shape index (κ2) is 9.11. The Kier molecular flexibility index (Phi) is 6.07. The van der Waals surface area contributed by atoms with Crippen molar-refractivity contribution in [2.75, 3.05) is 11.9 Å². The van der Waals surface area contributed by atoms with Crippen LogP contribution in [0.4, 0.5) is 17.1 Å². The van der Waals surface area contributed by atoms with Gasteiger partial charge in [0.2, 0.25) is 0 Å². The molecular formula is C28H27N5. The van der Waals surface area contributed by atoms with Crippen LogP contribution in [0.5, 0.6) is 0 Å². The standard InChI is InChI=1S/C28H27N5/c1-6-19(2)28-26-17-16-25(18-27(26)33(31-28)21(4)30-5)32(23-10-8-7-9-11-23)24-14-12-22(13-15-24)20(3)29/h7-18,29H,1H2,2-5H3. The number of rotatable bonds is 5. The second-order valence-electron chi connectivity index (χ2n) is 7.88. The van der Waals surface area contributed by atoms with Crippen LogP contribution in [0.1, 0.15) is 32.0 Å². The van der Waals surface area contributed by atoms with Gasteiger partial charge < -0.3 is 10.3 Å². The average Bonchev–Trinajstić information content (AvgIpc) is 3.23. The van der Waals surface area contributed by atoms with Gasteiger partial charge in [-0.1, -0.05) is 36.9 Å². The van der Waals surface area contributed by atoms with Gasteiger partial charge in [0.1, 0.15) is 11.5 Å². The molecule has 0 saturated heterocycles. The summed E-state index contributed by atoms with van der Waals surface area (Å²) in [5.41, 5.74) is 10.2. The Bertz CT molecular complexity index is 1400. The minimum absolute atomic E-state index is 0.547. The Morgan fingerprint density at radius 2 is 1.58 bits per heavy atom. The third-order valence-corrected chi connectivity index (χ3v) is 5.75. The molecular weight excluding hydrogens is 406 g/mol. The molecule has 0 unspecified atom stereocenters. The van der Waals surface area contributed by atoms with Crippen molar-refractivity contribution in [2.45, 2.75) is 20.8 Å². The van der Waals surface area contributed by atoms with E-state index < -0.39 is 0 Å². The molecule has 0 spiro atoms. The second-order valence-corrected chi connectivity index (χ2v) is 7.88. The summed E-state index contributed by atoms with van der Waals surface area (Å²) in [4.78, 5) is 6.57. The van der Waals surface area contributed by atoms with Crippen LogP contribution in [0.3, 0.4) is 0 Å². The van der Waals surface area contributed by atoms with Gasteiger partial charge in [-0.15, -0.1) is 5.73 Å². The molecule has 5 heteroatoms. The van der Waals surface area contributed by atoms with E-state index in [0.29, 0.717) is 5.71 Å². The third-order valence-electron chi connectivity index (χ3n) is 5.75. The van der Waals surface area contributed by atoms with E-state index in [4.69, 9.17) is 10.5 Å². The van der Waals surface area contributed by atoms with E-state index in [0.717, 1.165) is 50.6 Å². The highest BCUT2D eigenvalue weighted by atomic mass is 15.3. The van der Waals surface area contributed by atoms with E-state index in [2.05, 4.69) is 64.7 Å². The molecule has 164 valence electrons. The molecule has 0 aliphatic heterocycles. The van der Waals surface area contributed by atoms with Gasteiger partial charge in [0.05, 0.1) is 5.52 Å². The number of allylic oxidation sites excluding steroid dienone is 1. The molecule has 4 rings (SSSR count). The number of para-hydroxylation sites is 1. The lowest BCUT2D eigenvalue weighted by Crippen LogP contribution is -2.12. The Hall–Kier alpha value is -4.21. The average molecular weight is 434 g/mol. The summed E-state index contributed by atoms with van der Waals surface area (Å²) in [5.74, 6) is 0.803. The lowest BCUT2D eigenvalue weighted by molar-refractivity contribution is 0.941. The van der Waals surface area contributed by atoms with E-state index >= 15 is 0 Å². The molecule has 33 heavy (non-hydrogen) atoms. The highest BCUT2D eigenvalue weighted by Gasteiger charge is 2.18. The molecule has 0 amide bonds. The zero-order valence-corrected chi connectivity index (χ0v) is 19.4. The molecule has 1 heterocycles. The van der Waals surface area contributed by atoms with Crippen molar-refractivity contribution in [1.29, 1.82) is 5.41 Å². The molecule has 0 radical (unpaired) electrons. The molecule has 0 aliphatic rings. The van der Waals surface area contributed by atoms with Gasteiger partial charge in [-0.25, -0.2) is 4.68 Å².